The summed E-state index contributed by atoms with van der Waals surface area (Å²) in [4.78, 5) is 14.4. The fraction of sp³-hybridized carbons (Fsp3) is 0.462. The number of amides is 1. The number of halogens is 2. The summed E-state index contributed by atoms with van der Waals surface area (Å²) in [6.07, 6.45) is 1.72. The quantitative estimate of drug-likeness (QED) is 0.745. The Balaban J connectivity index is 1.96. The first-order chi connectivity index (χ1) is 9.99. The Morgan fingerprint density at radius 2 is 2.05 bits per heavy atom. The molecule has 1 aliphatic rings. The second-order valence-electron chi connectivity index (χ2n) is 4.91. The van der Waals surface area contributed by atoms with E-state index in [4.69, 9.17) is 22.0 Å². The van der Waals surface area contributed by atoms with Crippen molar-refractivity contribution in [1.29, 1.82) is 5.26 Å². The summed E-state index contributed by atoms with van der Waals surface area (Å²) in [5.41, 5.74) is -0.00548. The van der Waals surface area contributed by atoms with Gasteiger partial charge >= 0.3 is 6.09 Å². The van der Waals surface area contributed by atoms with Crippen LogP contribution in [0.2, 0.25) is 5.15 Å². The number of hydrogen-bond acceptors (Lipinski definition) is 4. The highest BCUT2D eigenvalue weighted by Gasteiger charge is 2.23. The number of rotatable bonds is 3. The molecule has 0 spiro atoms. The lowest BCUT2D eigenvalue weighted by Crippen LogP contribution is -2.39. The Kier molecular flexibility index (Phi) is 4.81. The minimum Gasteiger partial charge on any atom is -0.465 e. The standard InChI is InChI=1S/C13H14ClFN4O2/c14-11-7(6-16)5-10(15)12(19-11)17-8-1-3-9(4-2-8)18-13(20)21/h5,8-9,18H,1-4H2,(H,17,19)(H,20,21)/t8-,9-. The number of aromatic nitrogens is 1. The first-order valence-electron chi connectivity index (χ1n) is 6.51. The number of nitriles is 1. The minimum absolute atomic E-state index is 0.00264. The van der Waals surface area contributed by atoms with Crippen molar-refractivity contribution >= 4 is 23.5 Å². The SMILES string of the molecule is N#Cc1cc(F)c(N[C@H]2CC[C@H](NC(=O)O)CC2)nc1Cl. The van der Waals surface area contributed by atoms with Gasteiger partial charge in [0.15, 0.2) is 11.6 Å². The molecule has 1 aromatic rings. The minimum atomic E-state index is -1.03. The molecule has 0 aliphatic heterocycles. The van der Waals surface area contributed by atoms with Crippen LogP contribution in [0.15, 0.2) is 6.07 Å². The number of carboxylic acid groups (broad SMARTS) is 1. The molecule has 8 heteroatoms. The summed E-state index contributed by atoms with van der Waals surface area (Å²) in [6, 6.07) is 2.75. The lowest BCUT2D eigenvalue weighted by molar-refractivity contribution is 0.185. The summed E-state index contributed by atoms with van der Waals surface area (Å²) in [6.45, 7) is 0. The molecule has 2 rings (SSSR count). The zero-order valence-corrected chi connectivity index (χ0v) is 11.8. The van der Waals surface area contributed by atoms with Crippen LogP contribution in [0.25, 0.3) is 0 Å². The largest absolute Gasteiger partial charge is 0.465 e. The molecule has 1 fully saturated rings. The van der Waals surface area contributed by atoms with E-state index in [0.717, 1.165) is 6.07 Å². The van der Waals surface area contributed by atoms with Crippen LogP contribution in [0.1, 0.15) is 31.2 Å². The zero-order valence-electron chi connectivity index (χ0n) is 11.1. The maximum absolute atomic E-state index is 13.8. The van der Waals surface area contributed by atoms with Gasteiger partial charge in [-0.1, -0.05) is 11.6 Å². The Bertz CT molecular complexity index is 582. The van der Waals surface area contributed by atoms with Gasteiger partial charge in [0, 0.05) is 12.1 Å². The van der Waals surface area contributed by atoms with Crippen molar-refractivity contribution in [1.82, 2.24) is 10.3 Å². The highest BCUT2D eigenvalue weighted by Crippen LogP contribution is 2.25. The third kappa shape index (κ3) is 3.95. The number of hydrogen-bond donors (Lipinski definition) is 3. The number of nitrogens with one attached hydrogen (secondary N) is 2. The van der Waals surface area contributed by atoms with Gasteiger partial charge in [0.2, 0.25) is 0 Å². The van der Waals surface area contributed by atoms with Gasteiger partial charge in [-0.15, -0.1) is 0 Å². The number of anilines is 1. The lowest BCUT2D eigenvalue weighted by Gasteiger charge is -2.29. The van der Waals surface area contributed by atoms with E-state index < -0.39 is 11.9 Å². The van der Waals surface area contributed by atoms with Crippen molar-refractivity contribution in [3.63, 3.8) is 0 Å². The zero-order chi connectivity index (χ0) is 15.4. The molecule has 0 saturated heterocycles. The van der Waals surface area contributed by atoms with Crippen LogP contribution < -0.4 is 10.6 Å². The van der Waals surface area contributed by atoms with Crippen LogP contribution in [-0.2, 0) is 0 Å². The summed E-state index contributed by atoms with van der Waals surface area (Å²) >= 11 is 5.78. The Labute approximate surface area is 125 Å². The molecule has 1 heterocycles. The summed E-state index contributed by atoms with van der Waals surface area (Å²) in [5.74, 6) is -0.602. The molecule has 1 saturated carbocycles. The van der Waals surface area contributed by atoms with E-state index in [1.54, 1.807) is 6.07 Å². The molecular weight excluding hydrogens is 299 g/mol. The van der Waals surface area contributed by atoms with Gasteiger partial charge in [0.1, 0.15) is 11.2 Å². The maximum atomic E-state index is 13.8. The molecule has 112 valence electrons. The smallest absolute Gasteiger partial charge is 0.404 e. The third-order valence-electron chi connectivity index (χ3n) is 3.45. The van der Waals surface area contributed by atoms with Crippen LogP contribution >= 0.6 is 11.6 Å². The fourth-order valence-corrected chi connectivity index (χ4v) is 2.58. The molecule has 0 radical (unpaired) electrons. The number of carbonyl (C=O) groups is 1. The summed E-state index contributed by atoms with van der Waals surface area (Å²) < 4.78 is 13.8. The molecule has 0 bridgehead atoms. The molecule has 21 heavy (non-hydrogen) atoms. The molecule has 1 aliphatic carbocycles. The van der Waals surface area contributed by atoms with Crippen LogP contribution in [-0.4, -0.2) is 28.3 Å². The van der Waals surface area contributed by atoms with Crippen LogP contribution in [0.4, 0.5) is 15.0 Å². The van der Waals surface area contributed by atoms with E-state index >= 15 is 0 Å². The van der Waals surface area contributed by atoms with Crippen molar-refractivity contribution in [2.75, 3.05) is 5.32 Å². The van der Waals surface area contributed by atoms with Gasteiger partial charge in [0.05, 0.1) is 5.56 Å². The normalized spacial score (nSPS) is 21.4. The topological polar surface area (TPSA) is 98.0 Å². The van der Waals surface area contributed by atoms with Crippen molar-refractivity contribution in [2.45, 2.75) is 37.8 Å². The molecular formula is C13H14ClFN4O2. The predicted octanol–water partition coefficient (Wildman–Crippen LogP) is 2.74. The van der Waals surface area contributed by atoms with Gasteiger partial charge in [-0.25, -0.2) is 14.2 Å². The van der Waals surface area contributed by atoms with E-state index in [1.165, 1.54) is 0 Å². The Morgan fingerprint density at radius 3 is 2.62 bits per heavy atom. The first kappa shape index (κ1) is 15.3. The molecule has 6 nitrogen and oxygen atoms in total. The van der Waals surface area contributed by atoms with Crippen LogP contribution in [0, 0.1) is 17.1 Å². The van der Waals surface area contributed by atoms with E-state index in [-0.39, 0.29) is 28.6 Å². The molecule has 0 atom stereocenters. The van der Waals surface area contributed by atoms with Gasteiger partial charge in [0.25, 0.3) is 0 Å². The second kappa shape index (κ2) is 6.59. The Hall–Kier alpha value is -2.07. The van der Waals surface area contributed by atoms with E-state index in [1.807, 2.05) is 0 Å². The predicted molar refractivity (Wildman–Crippen MR) is 74.7 cm³/mol. The first-order valence-corrected chi connectivity index (χ1v) is 6.89. The number of nitrogens with zero attached hydrogens (tertiary/aromatic N) is 2. The van der Waals surface area contributed by atoms with Crippen molar-refractivity contribution in [3.8, 4) is 6.07 Å². The molecule has 0 unspecified atom stereocenters. The summed E-state index contributed by atoms with van der Waals surface area (Å²) in [5, 5.41) is 22.8. The number of pyridine rings is 1. The van der Waals surface area contributed by atoms with E-state index in [9.17, 15) is 9.18 Å². The average Bonchev–Trinajstić information content (AvgIpc) is 2.44. The monoisotopic (exact) mass is 312 g/mol. The van der Waals surface area contributed by atoms with E-state index in [0.29, 0.717) is 25.7 Å². The Morgan fingerprint density at radius 1 is 1.43 bits per heavy atom. The highest BCUT2D eigenvalue weighted by molar-refractivity contribution is 6.30. The lowest BCUT2D eigenvalue weighted by atomic mass is 9.91. The maximum Gasteiger partial charge on any atom is 0.404 e. The fourth-order valence-electron chi connectivity index (χ4n) is 2.40. The van der Waals surface area contributed by atoms with Crippen molar-refractivity contribution < 1.29 is 14.3 Å². The summed E-state index contributed by atoms with van der Waals surface area (Å²) in [7, 11) is 0. The van der Waals surface area contributed by atoms with Gasteiger partial charge in [-0.3, -0.25) is 0 Å². The van der Waals surface area contributed by atoms with Gasteiger partial charge < -0.3 is 15.7 Å². The van der Waals surface area contributed by atoms with Crippen molar-refractivity contribution in [3.05, 3.63) is 22.6 Å². The third-order valence-corrected chi connectivity index (χ3v) is 3.73. The van der Waals surface area contributed by atoms with Crippen LogP contribution in [0.5, 0.6) is 0 Å². The van der Waals surface area contributed by atoms with Crippen molar-refractivity contribution in [2.24, 2.45) is 0 Å². The highest BCUT2D eigenvalue weighted by atomic mass is 35.5. The average molecular weight is 313 g/mol. The second-order valence-corrected chi connectivity index (χ2v) is 5.27. The van der Waals surface area contributed by atoms with Gasteiger partial charge in [-0.2, -0.15) is 5.26 Å². The van der Waals surface area contributed by atoms with Crippen LogP contribution in [0.3, 0.4) is 0 Å². The van der Waals surface area contributed by atoms with E-state index in [2.05, 4.69) is 15.6 Å². The molecule has 1 amide bonds. The van der Waals surface area contributed by atoms with Gasteiger partial charge in [-0.05, 0) is 31.7 Å². The molecule has 3 N–H and O–H groups in total. The molecule has 0 aromatic carbocycles. The molecule has 1 aromatic heterocycles.